The van der Waals surface area contributed by atoms with Crippen LogP contribution < -0.4 is 11.2 Å². The van der Waals surface area contributed by atoms with E-state index in [4.69, 9.17) is 14.5 Å². The standard InChI is InChI=1S/C9H15N2O7P.C6H15N/c1-9(5-12,18-6-19(15,16)17)4-11-3-2-7(13)10-8(11)14;1-4-7(5-2)6-3/h2-3,12H,4-6H2,1H3,(H,10,13,14)(H2,15,16,17);4-6H2,1-3H3. The molecule has 1 unspecified atom stereocenters. The van der Waals surface area contributed by atoms with Crippen LogP contribution >= 0.6 is 7.60 Å². The Balaban J connectivity index is 0.000000758. The third-order valence-corrected chi connectivity index (χ3v) is 4.12. The molecule has 0 saturated heterocycles. The maximum atomic E-state index is 11.5. The zero-order chi connectivity index (χ0) is 20.4. The Morgan fingerprint density at radius 1 is 1.23 bits per heavy atom. The summed E-state index contributed by atoms with van der Waals surface area (Å²) < 4.78 is 16.8. The molecule has 0 saturated carbocycles. The molecule has 1 atom stereocenters. The summed E-state index contributed by atoms with van der Waals surface area (Å²) in [6, 6.07) is 1.11. The van der Waals surface area contributed by atoms with Crippen LogP contribution in [0.2, 0.25) is 0 Å². The highest BCUT2D eigenvalue weighted by atomic mass is 31.2. The first-order valence-electron chi connectivity index (χ1n) is 8.31. The lowest BCUT2D eigenvalue weighted by molar-refractivity contribution is -0.0635. The van der Waals surface area contributed by atoms with Gasteiger partial charge in [0.1, 0.15) is 11.9 Å². The number of aromatic nitrogens is 2. The summed E-state index contributed by atoms with van der Waals surface area (Å²) in [5.74, 6) is 0. The van der Waals surface area contributed by atoms with Crippen molar-refractivity contribution >= 4 is 7.60 Å². The topological polar surface area (TPSA) is 145 Å². The normalized spacial score (nSPS) is 13.8. The van der Waals surface area contributed by atoms with Gasteiger partial charge in [-0.3, -0.25) is 18.9 Å². The van der Waals surface area contributed by atoms with E-state index in [1.54, 1.807) is 0 Å². The number of rotatable bonds is 9. The molecule has 0 bridgehead atoms. The van der Waals surface area contributed by atoms with Crippen molar-refractivity contribution in [3.8, 4) is 0 Å². The molecule has 0 aliphatic heterocycles. The van der Waals surface area contributed by atoms with Crippen molar-refractivity contribution in [3.63, 3.8) is 0 Å². The summed E-state index contributed by atoms with van der Waals surface area (Å²) in [5, 5.41) is 9.22. The van der Waals surface area contributed by atoms with Gasteiger partial charge in [0.2, 0.25) is 0 Å². The number of aromatic amines is 1. The molecule has 0 spiro atoms. The summed E-state index contributed by atoms with van der Waals surface area (Å²) in [5.41, 5.74) is -2.63. The van der Waals surface area contributed by atoms with Gasteiger partial charge in [0.15, 0.2) is 0 Å². The monoisotopic (exact) mass is 395 g/mol. The second-order valence-electron chi connectivity index (χ2n) is 5.90. The molecule has 0 radical (unpaired) electrons. The molecule has 1 rings (SSSR count). The van der Waals surface area contributed by atoms with Gasteiger partial charge in [-0.15, -0.1) is 0 Å². The molecule has 0 fully saturated rings. The fourth-order valence-electron chi connectivity index (χ4n) is 1.98. The van der Waals surface area contributed by atoms with E-state index in [0.29, 0.717) is 0 Å². The Morgan fingerprint density at radius 3 is 2.12 bits per heavy atom. The van der Waals surface area contributed by atoms with Gasteiger partial charge in [0.25, 0.3) is 5.56 Å². The van der Waals surface area contributed by atoms with Crippen molar-refractivity contribution in [1.82, 2.24) is 14.5 Å². The van der Waals surface area contributed by atoms with Crippen LogP contribution in [0.15, 0.2) is 21.9 Å². The number of aliphatic hydroxyl groups is 1. The molecular weight excluding hydrogens is 365 g/mol. The van der Waals surface area contributed by atoms with Crippen LogP contribution in [0.5, 0.6) is 0 Å². The van der Waals surface area contributed by atoms with Gasteiger partial charge in [-0.1, -0.05) is 20.8 Å². The maximum absolute atomic E-state index is 11.5. The zero-order valence-corrected chi connectivity index (χ0v) is 16.6. The van der Waals surface area contributed by atoms with Crippen molar-refractivity contribution in [2.45, 2.75) is 39.8 Å². The number of nitrogens with zero attached hydrogens (tertiary/aromatic N) is 2. The van der Waals surface area contributed by atoms with Gasteiger partial charge in [-0.05, 0) is 26.6 Å². The Morgan fingerprint density at radius 2 is 1.77 bits per heavy atom. The largest absolute Gasteiger partial charge is 0.393 e. The summed E-state index contributed by atoms with van der Waals surface area (Å²) in [6.45, 7) is 10.8. The van der Waals surface area contributed by atoms with E-state index >= 15 is 0 Å². The Labute approximate surface area is 152 Å². The van der Waals surface area contributed by atoms with Gasteiger partial charge in [-0.25, -0.2) is 4.79 Å². The highest BCUT2D eigenvalue weighted by molar-refractivity contribution is 7.51. The van der Waals surface area contributed by atoms with Crippen LogP contribution in [0.1, 0.15) is 27.7 Å². The minimum Gasteiger partial charge on any atom is -0.393 e. The van der Waals surface area contributed by atoms with E-state index in [9.17, 15) is 19.3 Å². The number of hydrogen-bond acceptors (Lipinski definition) is 6. The predicted octanol–water partition coefficient (Wildman–Crippen LogP) is -0.212. The van der Waals surface area contributed by atoms with Gasteiger partial charge >= 0.3 is 13.3 Å². The molecular formula is C15H30N3O7P. The quantitative estimate of drug-likeness (QED) is 0.420. The molecule has 0 aliphatic rings. The van der Waals surface area contributed by atoms with E-state index in [2.05, 4.69) is 25.7 Å². The average molecular weight is 395 g/mol. The van der Waals surface area contributed by atoms with Gasteiger partial charge in [-0.2, -0.15) is 0 Å². The highest BCUT2D eigenvalue weighted by Crippen LogP contribution is 2.35. The lowest BCUT2D eigenvalue weighted by Crippen LogP contribution is -2.42. The minimum atomic E-state index is -4.38. The van der Waals surface area contributed by atoms with Gasteiger partial charge in [0.05, 0.1) is 13.2 Å². The van der Waals surface area contributed by atoms with E-state index in [-0.39, 0.29) is 6.54 Å². The van der Waals surface area contributed by atoms with E-state index in [1.807, 2.05) is 4.98 Å². The van der Waals surface area contributed by atoms with Crippen LogP contribution in [0.4, 0.5) is 0 Å². The smallest absolute Gasteiger partial charge is 0.351 e. The molecule has 1 heterocycles. The lowest BCUT2D eigenvalue weighted by atomic mass is 10.1. The molecule has 1 aromatic heterocycles. The molecule has 152 valence electrons. The van der Waals surface area contributed by atoms with Gasteiger partial charge < -0.3 is 24.5 Å². The van der Waals surface area contributed by atoms with Gasteiger partial charge in [0, 0.05) is 12.3 Å². The molecule has 26 heavy (non-hydrogen) atoms. The van der Waals surface area contributed by atoms with Crippen LogP contribution in [0, 0.1) is 0 Å². The molecule has 0 aliphatic carbocycles. The summed E-state index contributed by atoms with van der Waals surface area (Å²) in [7, 11) is -4.38. The molecule has 4 N–H and O–H groups in total. The molecule has 10 nitrogen and oxygen atoms in total. The Bertz CT molecular complexity index is 675. The number of nitrogens with one attached hydrogen (secondary N) is 1. The van der Waals surface area contributed by atoms with Crippen molar-refractivity contribution < 1.29 is 24.2 Å². The third-order valence-electron chi connectivity index (χ3n) is 3.66. The predicted molar refractivity (Wildman–Crippen MR) is 98.3 cm³/mol. The molecule has 0 aromatic carbocycles. The number of hydrogen-bond donors (Lipinski definition) is 4. The second kappa shape index (κ2) is 11.4. The average Bonchev–Trinajstić information content (AvgIpc) is 2.57. The minimum absolute atomic E-state index is 0.168. The van der Waals surface area contributed by atoms with Crippen molar-refractivity contribution in [3.05, 3.63) is 33.1 Å². The highest BCUT2D eigenvalue weighted by Gasteiger charge is 2.29. The van der Waals surface area contributed by atoms with Crippen LogP contribution in [-0.2, 0) is 15.8 Å². The van der Waals surface area contributed by atoms with Crippen molar-refractivity contribution in [1.29, 1.82) is 0 Å². The first kappa shape index (κ1) is 24.7. The van der Waals surface area contributed by atoms with Crippen LogP contribution in [0.25, 0.3) is 0 Å². The fraction of sp³-hybridized carbons (Fsp3) is 0.733. The first-order chi connectivity index (χ1) is 12.0. The van der Waals surface area contributed by atoms with E-state index < -0.39 is 37.4 Å². The van der Waals surface area contributed by atoms with E-state index in [0.717, 1.165) is 10.6 Å². The summed E-state index contributed by atoms with van der Waals surface area (Å²) in [4.78, 5) is 44.2. The van der Waals surface area contributed by atoms with Crippen molar-refractivity contribution in [2.24, 2.45) is 0 Å². The number of aliphatic hydroxyl groups excluding tert-OH is 1. The first-order valence-corrected chi connectivity index (χ1v) is 10.1. The number of H-pyrrole nitrogens is 1. The SMILES string of the molecule is CC(CO)(Cn1ccc(=O)[nH]c1=O)OCP(=O)(O)O.CCN(CC)CC. The third kappa shape index (κ3) is 10.0. The van der Waals surface area contributed by atoms with Crippen LogP contribution in [0.3, 0.4) is 0 Å². The van der Waals surface area contributed by atoms with Crippen molar-refractivity contribution in [2.75, 3.05) is 32.6 Å². The second-order valence-corrected chi connectivity index (χ2v) is 7.49. The molecule has 1 aromatic rings. The summed E-state index contributed by atoms with van der Waals surface area (Å²) >= 11 is 0. The maximum Gasteiger partial charge on any atom is 0.351 e. The zero-order valence-electron chi connectivity index (χ0n) is 15.7. The summed E-state index contributed by atoms with van der Waals surface area (Å²) in [6.07, 6.45) is 0.331. The fourth-order valence-corrected chi connectivity index (χ4v) is 2.46. The Hall–Kier alpha value is -1.29. The lowest BCUT2D eigenvalue weighted by Gasteiger charge is -2.28. The Kier molecular flexibility index (Phi) is 10.9. The number of ether oxygens (including phenoxy) is 1. The molecule has 11 heteroatoms. The van der Waals surface area contributed by atoms with E-state index in [1.165, 1.54) is 32.8 Å². The van der Waals surface area contributed by atoms with Crippen LogP contribution in [-0.4, -0.2) is 67.5 Å². The molecule has 0 amide bonds.